The van der Waals surface area contributed by atoms with E-state index in [1.165, 1.54) is 19.5 Å². The highest BCUT2D eigenvalue weighted by molar-refractivity contribution is 5.63. The normalized spacial score (nSPS) is 10.1. The van der Waals surface area contributed by atoms with Gasteiger partial charge in [0.05, 0.1) is 7.11 Å². The molecule has 1 aromatic carbocycles. The molecule has 19 heavy (non-hydrogen) atoms. The summed E-state index contributed by atoms with van der Waals surface area (Å²) in [5, 5.41) is 5.95. The van der Waals surface area contributed by atoms with Crippen molar-refractivity contribution in [3.63, 3.8) is 0 Å². The van der Waals surface area contributed by atoms with Gasteiger partial charge >= 0.3 is 0 Å². The van der Waals surface area contributed by atoms with Crippen LogP contribution in [0.4, 0.5) is 16.0 Å². The van der Waals surface area contributed by atoms with Crippen molar-refractivity contribution in [1.29, 1.82) is 0 Å². The van der Waals surface area contributed by atoms with E-state index in [-0.39, 0.29) is 5.82 Å². The molecular formula is C13H15FN4O. The summed E-state index contributed by atoms with van der Waals surface area (Å²) in [5.74, 6) is 1.34. The molecule has 0 unspecified atom stereocenters. The number of nitrogens with zero attached hydrogens (tertiary/aromatic N) is 2. The summed E-state index contributed by atoms with van der Waals surface area (Å²) in [6.45, 7) is 0.323. The molecule has 0 bridgehead atoms. The predicted molar refractivity (Wildman–Crippen MR) is 71.9 cm³/mol. The number of rotatable bonds is 5. The van der Waals surface area contributed by atoms with Crippen LogP contribution in [0, 0.1) is 5.82 Å². The summed E-state index contributed by atoms with van der Waals surface area (Å²) < 4.78 is 18.7. The number of nitrogens with one attached hydrogen (secondary N) is 2. The minimum Gasteiger partial charge on any atom is -0.490 e. The molecule has 1 heterocycles. The van der Waals surface area contributed by atoms with Gasteiger partial charge in [0, 0.05) is 19.2 Å². The number of aromatic nitrogens is 2. The molecule has 1 aromatic heterocycles. The quantitative estimate of drug-likeness (QED) is 0.865. The van der Waals surface area contributed by atoms with E-state index in [1.807, 2.05) is 0 Å². The molecule has 6 heteroatoms. The molecule has 0 amide bonds. The molecule has 0 aliphatic rings. The Bertz CT molecular complexity index is 562. The van der Waals surface area contributed by atoms with Crippen LogP contribution in [-0.2, 0) is 6.54 Å². The third kappa shape index (κ3) is 2.90. The van der Waals surface area contributed by atoms with Crippen LogP contribution in [0.25, 0.3) is 0 Å². The average molecular weight is 262 g/mol. The van der Waals surface area contributed by atoms with E-state index >= 15 is 0 Å². The molecule has 100 valence electrons. The van der Waals surface area contributed by atoms with Crippen molar-refractivity contribution in [3.8, 4) is 5.75 Å². The van der Waals surface area contributed by atoms with Gasteiger partial charge in [0.15, 0.2) is 11.6 Å². The zero-order valence-electron chi connectivity index (χ0n) is 10.8. The van der Waals surface area contributed by atoms with Crippen molar-refractivity contribution >= 4 is 11.6 Å². The van der Waals surface area contributed by atoms with Gasteiger partial charge in [0.2, 0.25) is 5.75 Å². The Morgan fingerprint density at radius 3 is 2.63 bits per heavy atom. The van der Waals surface area contributed by atoms with Gasteiger partial charge < -0.3 is 15.4 Å². The second-order valence-corrected chi connectivity index (χ2v) is 3.80. The first-order valence-electron chi connectivity index (χ1n) is 5.80. The van der Waals surface area contributed by atoms with E-state index in [4.69, 9.17) is 4.74 Å². The first kappa shape index (κ1) is 13.1. The second-order valence-electron chi connectivity index (χ2n) is 3.80. The van der Waals surface area contributed by atoms with E-state index in [2.05, 4.69) is 20.6 Å². The fourth-order valence-electron chi connectivity index (χ4n) is 1.69. The fraction of sp³-hybridized carbons (Fsp3) is 0.231. The number of anilines is 2. The summed E-state index contributed by atoms with van der Waals surface area (Å²) in [5.41, 5.74) is 0.564. The lowest BCUT2D eigenvalue weighted by Gasteiger charge is -2.12. The minimum absolute atomic E-state index is 0.253. The minimum atomic E-state index is -0.253. The topological polar surface area (TPSA) is 59.1 Å². The Morgan fingerprint density at radius 1 is 1.21 bits per heavy atom. The molecule has 2 N–H and O–H groups in total. The van der Waals surface area contributed by atoms with Crippen molar-refractivity contribution in [2.75, 3.05) is 24.8 Å². The molecular weight excluding hydrogens is 247 g/mol. The van der Waals surface area contributed by atoms with Crippen LogP contribution in [0.5, 0.6) is 5.75 Å². The molecule has 2 aromatic rings. The maximum absolute atomic E-state index is 13.5. The van der Waals surface area contributed by atoms with Gasteiger partial charge in [-0.3, -0.25) is 0 Å². The van der Waals surface area contributed by atoms with E-state index in [0.717, 1.165) is 0 Å². The second kappa shape index (κ2) is 5.99. The van der Waals surface area contributed by atoms with Gasteiger partial charge in [-0.15, -0.1) is 0 Å². The summed E-state index contributed by atoms with van der Waals surface area (Å²) in [7, 11) is 3.28. The van der Waals surface area contributed by atoms with Crippen LogP contribution in [-0.4, -0.2) is 24.1 Å². The standard InChI is InChI=1S/C13H15FN4O/c1-15-12-11(19-2)13(18-8-17-12)16-7-9-5-3-4-6-10(9)14/h3-6,8H,7H2,1-2H3,(H2,15,16,17,18). The maximum Gasteiger partial charge on any atom is 0.204 e. The van der Waals surface area contributed by atoms with Crippen molar-refractivity contribution in [3.05, 3.63) is 42.0 Å². The Kier molecular flexibility index (Phi) is 4.12. The van der Waals surface area contributed by atoms with E-state index in [0.29, 0.717) is 29.5 Å². The molecule has 0 aliphatic carbocycles. The molecule has 0 saturated heterocycles. The van der Waals surface area contributed by atoms with E-state index < -0.39 is 0 Å². The highest BCUT2D eigenvalue weighted by atomic mass is 19.1. The van der Waals surface area contributed by atoms with Crippen LogP contribution in [0.15, 0.2) is 30.6 Å². The molecule has 0 aliphatic heterocycles. The van der Waals surface area contributed by atoms with Gasteiger partial charge in [-0.05, 0) is 6.07 Å². The van der Waals surface area contributed by atoms with Crippen molar-refractivity contribution < 1.29 is 9.13 Å². The number of benzene rings is 1. The van der Waals surface area contributed by atoms with Crippen LogP contribution in [0.1, 0.15) is 5.56 Å². The molecule has 0 atom stereocenters. The predicted octanol–water partition coefficient (Wildman–Crippen LogP) is 2.28. The van der Waals surface area contributed by atoms with Gasteiger partial charge in [-0.2, -0.15) is 0 Å². The lowest BCUT2D eigenvalue weighted by Crippen LogP contribution is -2.07. The Labute approximate surface area is 110 Å². The highest BCUT2D eigenvalue weighted by Crippen LogP contribution is 2.28. The fourth-order valence-corrected chi connectivity index (χ4v) is 1.69. The third-order valence-electron chi connectivity index (χ3n) is 2.65. The zero-order chi connectivity index (χ0) is 13.7. The zero-order valence-corrected chi connectivity index (χ0v) is 10.8. The van der Waals surface area contributed by atoms with Gasteiger partial charge in [-0.25, -0.2) is 14.4 Å². The van der Waals surface area contributed by atoms with E-state index in [9.17, 15) is 4.39 Å². The van der Waals surface area contributed by atoms with Crippen molar-refractivity contribution in [2.24, 2.45) is 0 Å². The summed E-state index contributed by atoms with van der Waals surface area (Å²) >= 11 is 0. The summed E-state index contributed by atoms with van der Waals surface area (Å²) in [4.78, 5) is 8.13. The summed E-state index contributed by atoms with van der Waals surface area (Å²) in [6, 6.07) is 6.59. The number of methoxy groups -OCH3 is 1. The average Bonchev–Trinajstić information content (AvgIpc) is 2.45. The van der Waals surface area contributed by atoms with Gasteiger partial charge in [0.1, 0.15) is 12.1 Å². The monoisotopic (exact) mass is 262 g/mol. The number of ether oxygens (including phenoxy) is 1. The number of halogens is 1. The molecule has 0 fully saturated rings. The molecule has 0 spiro atoms. The number of hydrogen-bond donors (Lipinski definition) is 2. The smallest absolute Gasteiger partial charge is 0.204 e. The lowest BCUT2D eigenvalue weighted by molar-refractivity contribution is 0.415. The first-order valence-corrected chi connectivity index (χ1v) is 5.80. The van der Waals surface area contributed by atoms with E-state index in [1.54, 1.807) is 25.2 Å². The van der Waals surface area contributed by atoms with Crippen LogP contribution < -0.4 is 15.4 Å². The first-order chi connectivity index (χ1) is 9.26. The highest BCUT2D eigenvalue weighted by Gasteiger charge is 2.11. The molecule has 2 rings (SSSR count). The van der Waals surface area contributed by atoms with Crippen molar-refractivity contribution in [1.82, 2.24) is 9.97 Å². The summed E-state index contributed by atoms with van der Waals surface area (Å²) in [6.07, 6.45) is 1.41. The van der Waals surface area contributed by atoms with Crippen LogP contribution in [0.2, 0.25) is 0 Å². The van der Waals surface area contributed by atoms with Crippen molar-refractivity contribution in [2.45, 2.75) is 6.54 Å². The van der Waals surface area contributed by atoms with Crippen LogP contribution in [0.3, 0.4) is 0 Å². The Hall–Kier alpha value is -2.37. The lowest BCUT2D eigenvalue weighted by atomic mass is 10.2. The Balaban J connectivity index is 2.18. The van der Waals surface area contributed by atoms with Crippen LogP contribution >= 0.6 is 0 Å². The molecule has 5 nitrogen and oxygen atoms in total. The third-order valence-corrected chi connectivity index (χ3v) is 2.65. The largest absolute Gasteiger partial charge is 0.490 e. The molecule has 0 radical (unpaired) electrons. The Morgan fingerprint density at radius 2 is 1.95 bits per heavy atom. The SMILES string of the molecule is CNc1ncnc(NCc2ccccc2F)c1OC. The van der Waals surface area contributed by atoms with Gasteiger partial charge in [0.25, 0.3) is 0 Å². The van der Waals surface area contributed by atoms with Gasteiger partial charge in [-0.1, -0.05) is 18.2 Å². The maximum atomic E-state index is 13.5. The molecule has 0 saturated carbocycles. The number of hydrogen-bond acceptors (Lipinski definition) is 5.